The van der Waals surface area contributed by atoms with Crippen LogP contribution in [0.15, 0.2) is 77.7 Å². The molecule has 0 saturated carbocycles. The molecule has 0 radical (unpaired) electrons. The molecule has 3 rings (SSSR count). The average molecular weight is 560 g/mol. The van der Waals surface area contributed by atoms with Crippen molar-refractivity contribution in [2.75, 3.05) is 10.8 Å². The van der Waals surface area contributed by atoms with Crippen molar-refractivity contribution >= 4 is 39.1 Å². The van der Waals surface area contributed by atoms with Crippen molar-refractivity contribution in [1.82, 2.24) is 10.2 Å². The summed E-state index contributed by atoms with van der Waals surface area (Å²) >= 11 is 6.14. The van der Waals surface area contributed by atoms with Crippen molar-refractivity contribution in [3.63, 3.8) is 0 Å². The molecule has 0 aliphatic rings. The number of nitrogens with one attached hydrogen (secondary N) is 1. The summed E-state index contributed by atoms with van der Waals surface area (Å²) in [4.78, 5) is 27.9. The molecule has 0 aromatic heterocycles. The van der Waals surface area contributed by atoms with E-state index in [2.05, 4.69) is 5.32 Å². The summed E-state index contributed by atoms with van der Waals surface area (Å²) in [6, 6.07) is 16.9. The number of benzene rings is 3. The van der Waals surface area contributed by atoms with E-state index in [1.807, 2.05) is 20.8 Å². The molecule has 0 saturated heterocycles. The molecule has 0 aliphatic carbocycles. The van der Waals surface area contributed by atoms with Gasteiger partial charge >= 0.3 is 0 Å². The molecule has 10 heteroatoms. The van der Waals surface area contributed by atoms with Gasteiger partial charge in [-0.1, -0.05) is 41.4 Å². The van der Waals surface area contributed by atoms with E-state index in [0.29, 0.717) is 10.6 Å². The second-order valence-electron chi connectivity index (χ2n) is 9.29. The standard InChI is InChI=1S/C28H31ClFN3O4S/c1-19(2)31-28(35)21(4)32(17-22-6-5-7-23(29)16-22)27(34)18-33(25-12-8-20(3)9-13-25)38(36,37)26-14-10-24(30)11-15-26/h5-16,19,21H,17-18H2,1-4H3,(H,31,35). The SMILES string of the molecule is Cc1ccc(N(CC(=O)N(Cc2cccc(Cl)c2)C(C)C(=O)NC(C)C)S(=O)(=O)c2ccc(F)cc2)cc1. The number of hydrogen-bond acceptors (Lipinski definition) is 4. The maximum Gasteiger partial charge on any atom is 0.264 e. The van der Waals surface area contributed by atoms with Gasteiger partial charge in [0.1, 0.15) is 18.4 Å². The molecular weight excluding hydrogens is 529 g/mol. The van der Waals surface area contributed by atoms with Crippen LogP contribution in [0.3, 0.4) is 0 Å². The minimum Gasteiger partial charge on any atom is -0.352 e. The number of sulfonamides is 1. The number of halogens is 2. The summed E-state index contributed by atoms with van der Waals surface area (Å²) in [5.74, 6) is -1.55. The summed E-state index contributed by atoms with van der Waals surface area (Å²) in [5, 5.41) is 3.27. The molecule has 0 heterocycles. The largest absolute Gasteiger partial charge is 0.352 e. The third-order valence-electron chi connectivity index (χ3n) is 5.84. The zero-order valence-electron chi connectivity index (χ0n) is 21.7. The van der Waals surface area contributed by atoms with Crippen molar-refractivity contribution in [2.24, 2.45) is 0 Å². The van der Waals surface area contributed by atoms with Crippen LogP contribution < -0.4 is 9.62 Å². The fourth-order valence-electron chi connectivity index (χ4n) is 3.79. The Hall–Kier alpha value is -3.43. The molecule has 202 valence electrons. The van der Waals surface area contributed by atoms with Crippen molar-refractivity contribution < 1.29 is 22.4 Å². The van der Waals surface area contributed by atoms with Crippen LogP contribution in [-0.4, -0.2) is 43.8 Å². The van der Waals surface area contributed by atoms with E-state index in [4.69, 9.17) is 11.6 Å². The fraction of sp³-hybridized carbons (Fsp3) is 0.286. The minimum absolute atomic E-state index is 0.0322. The zero-order valence-corrected chi connectivity index (χ0v) is 23.3. The normalized spacial score (nSPS) is 12.2. The molecular formula is C28H31ClFN3O4S. The van der Waals surface area contributed by atoms with E-state index in [-0.39, 0.29) is 29.1 Å². The van der Waals surface area contributed by atoms with Crippen molar-refractivity contribution in [3.05, 3.63) is 94.8 Å². The quantitative estimate of drug-likeness (QED) is 0.382. The average Bonchev–Trinajstić information content (AvgIpc) is 2.86. The Balaban J connectivity index is 2.02. The number of rotatable bonds is 10. The summed E-state index contributed by atoms with van der Waals surface area (Å²) in [5.41, 5.74) is 1.84. The highest BCUT2D eigenvalue weighted by Crippen LogP contribution is 2.25. The van der Waals surface area contributed by atoms with Crippen molar-refractivity contribution in [2.45, 2.75) is 51.2 Å². The highest BCUT2D eigenvalue weighted by molar-refractivity contribution is 7.92. The van der Waals surface area contributed by atoms with Crippen LogP contribution in [0.1, 0.15) is 31.9 Å². The molecule has 1 unspecified atom stereocenters. The van der Waals surface area contributed by atoms with E-state index >= 15 is 0 Å². The van der Waals surface area contributed by atoms with Gasteiger partial charge in [-0.05, 0) is 81.8 Å². The molecule has 0 aliphatic heterocycles. The first-order chi connectivity index (χ1) is 17.9. The van der Waals surface area contributed by atoms with Gasteiger partial charge in [0.25, 0.3) is 10.0 Å². The molecule has 7 nitrogen and oxygen atoms in total. The highest BCUT2D eigenvalue weighted by Gasteiger charge is 2.32. The molecule has 3 aromatic carbocycles. The van der Waals surface area contributed by atoms with Crippen LogP contribution in [0.5, 0.6) is 0 Å². The Morgan fingerprint density at radius 1 is 0.974 bits per heavy atom. The number of anilines is 1. The van der Waals surface area contributed by atoms with E-state index in [1.54, 1.807) is 55.5 Å². The molecule has 0 bridgehead atoms. The topological polar surface area (TPSA) is 86.8 Å². The maximum absolute atomic E-state index is 13.8. The lowest BCUT2D eigenvalue weighted by Gasteiger charge is -2.32. The van der Waals surface area contributed by atoms with Gasteiger partial charge in [-0.25, -0.2) is 12.8 Å². The summed E-state index contributed by atoms with van der Waals surface area (Å²) in [7, 11) is -4.26. The lowest BCUT2D eigenvalue weighted by Crippen LogP contribution is -2.52. The van der Waals surface area contributed by atoms with Gasteiger partial charge in [0.2, 0.25) is 11.8 Å². The number of carbonyl (C=O) groups excluding carboxylic acids is 2. The third kappa shape index (κ3) is 7.33. The predicted octanol–water partition coefficient (Wildman–Crippen LogP) is 4.92. The molecule has 38 heavy (non-hydrogen) atoms. The maximum atomic E-state index is 13.8. The Kier molecular flexibility index (Phi) is 9.51. The van der Waals surface area contributed by atoms with Gasteiger partial charge in [0, 0.05) is 17.6 Å². The van der Waals surface area contributed by atoms with Crippen LogP contribution in [0.25, 0.3) is 0 Å². The second kappa shape index (κ2) is 12.4. The number of amides is 2. The van der Waals surface area contributed by atoms with Crippen LogP contribution in [0.4, 0.5) is 10.1 Å². The Labute approximate surface area is 228 Å². The van der Waals surface area contributed by atoms with Crippen LogP contribution >= 0.6 is 11.6 Å². The van der Waals surface area contributed by atoms with Gasteiger partial charge in [-0.15, -0.1) is 0 Å². The van der Waals surface area contributed by atoms with Gasteiger partial charge in [-0.3, -0.25) is 13.9 Å². The minimum atomic E-state index is -4.26. The number of aryl methyl sites for hydroxylation is 1. The van der Waals surface area contributed by atoms with Crippen LogP contribution in [0, 0.1) is 12.7 Å². The summed E-state index contributed by atoms with van der Waals surface area (Å²) < 4.78 is 41.9. The lowest BCUT2D eigenvalue weighted by atomic mass is 10.1. The van der Waals surface area contributed by atoms with E-state index < -0.39 is 34.3 Å². The molecule has 1 N–H and O–H groups in total. The molecule has 0 spiro atoms. The van der Waals surface area contributed by atoms with E-state index in [9.17, 15) is 22.4 Å². The first kappa shape index (κ1) is 29.1. The Morgan fingerprint density at radius 2 is 1.61 bits per heavy atom. The fourth-order valence-corrected chi connectivity index (χ4v) is 5.42. The van der Waals surface area contributed by atoms with Gasteiger partial charge in [0.15, 0.2) is 0 Å². The van der Waals surface area contributed by atoms with Gasteiger partial charge in [0.05, 0.1) is 10.6 Å². The molecule has 2 amide bonds. The second-order valence-corrected chi connectivity index (χ2v) is 11.6. The van der Waals surface area contributed by atoms with Gasteiger partial charge in [-0.2, -0.15) is 0 Å². The van der Waals surface area contributed by atoms with Crippen molar-refractivity contribution in [1.29, 1.82) is 0 Å². The first-order valence-corrected chi connectivity index (χ1v) is 13.9. The predicted molar refractivity (Wildman–Crippen MR) is 147 cm³/mol. The zero-order chi connectivity index (χ0) is 28.0. The smallest absolute Gasteiger partial charge is 0.264 e. The summed E-state index contributed by atoms with van der Waals surface area (Å²) in [6.07, 6.45) is 0. The van der Waals surface area contributed by atoms with E-state index in [0.717, 1.165) is 34.1 Å². The summed E-state index contributed by atoms with van der Waals surface area (Å²) in [6.45, 7) is 6.51. The number of carbonyl (C=O) groups is 2. The Bertz CT molecular complexity index is 1380. The first-order valence-electron chi connectivity index (χ1n) is 12.1. The molecule has 3 aromatic rings. The number of hydrogen-bond donors (Lipinski definition) is 1. The number of nitrogens with zero attached hydrogens (tertiary/aromatic N) is 2. The lowest BCUT2D eigenvalue weighted by molar-refractivity contribution is -0.139. The van der Waals surface area contributed by atoms with Crippen molar-refractivity contribution in [3.8, 4) is 0 Å². The van der Waals surface area contributed by atoms with Crippen LogP contribution in [0.2, 0.25) is 5.02 Å². The highest BCUT2D eigenvalue weighted by atomic mass is 35.5. The van der Waals surface area contributed by atoms with Gasteiger partial charge < -0.3 is 10.2 Å². The molecule has 1 atom stereocenters. The van der Waals surface area contributed by atoms with Crippen LogP contribution in [-0.2, 0) is 26.2 Å². The molecule has 0 fully saturated rings. The third-order valence-corrected chi connectivity index (χ3v) is 7.87. The Morgan fingerprint density at radius 3 is 2.18 bits per heavy atom. The monoisotopic (exact) mass is 559 g/mol. The van der Waals surface area contributed by atoms with E-state index in [1.165, 1.54) is 4.90 Å².